The van der Waals surface area contributed by atoms with E-state index >= 15 is 0 Å². The highest BCUT2D eigenvalue weighted by atomic mass is 28.3. The quantitative estimate of drug-likeness (QED) is 0.590. The molecule has 0 atom stereocenters. The first-order valence-corrected chi connectivity index (χ1v) is 9.79. The maximum atomic E-state index is 12.3. The Hall–Kier alpha value is -1.75. The number of nitrogen functional groups attached to an aromatic ring is 1. The fourth-order valence-electron chi connectivity index (χ4n) is 2.19. The van der Waals surface area contributed by atoms with Crippen molar-refractivity contribution in [3.8, 4) is 0 Å². The number of nitrogens with zero attached hydrogens (tertiary/aromatic N) is 1. The lowest BCUT2D eigenvalue weighted by Crippen LogP contribution is -2.48. The summed E-state index contributed by atoms with van der Waals surface area (Å²) in [6.07, 6.45) is 1.45. The molecule has 4 nitrogen and oxygen atoms in total. The van der Waals surface area contributed by atoms with Gasteiger partial charge in [0.1, 0.15) is 13.7 Å². The summed E-state index contributed by atoms with van der Waals surface area (Å²) in [4.78, 5) is 13.9. The molecule has 0 unspecified atom stereocenters. The zero-order valence-electron chi connectivity index (χ0n) is 12.7. The Morgan fingerprint density at radius 2 is 1.95 bits per heavy atom. The molecule has 0 fully saturated rings. The van der Waals surface area contributed by atoms with Crippen molar-refractivity contribution in [2.45, 2.75) is 39.5 Å². The van der Waals surface area contributed by atoms with Crippen LogP contribution in [0.4, 0.5) is 16.2 Å². The fraction of sp³-hybridized carbons (Fsp3) is 0.400. The molecule has 1 aromatic carbocycles. The summed E-state index contributed by atoms with van der Waals surface area (Å²) in [5, 5.41) is 1.19. The number of ether oxygens (including phenoxy) is 1. The largest absolute Gasteiger partial charge is 0.443 e. The summed E-state index contributed by atoms with van der Waals surface area (Å²) in [5.41, 5.74) is 8.99. The number of amides is 1. The highest BCUT2D eigenvalue weighted by Gasteiger charge is 2.33. The van der Waals surface area contributed by atoms with Gasteiger partial charge in [-0.25, -0.2) is 4.79 Å². The Balaban J connectivity index is 2.43. The summed E-state index contributed by atoms with van der Waals surface area (Å²) in [7, 11) is -1.67. The Kier molecular flexibility index (Phi) is 3.42. The predicted octanol–water partition coefficient (Wildman–Crippen LogP) is 2.99. The van der Waals surface area contributed by atoms with Crippen molar-refractivity contribution in [3.05, 3.63) is 30.1 Å². The van der Waals surface area contributed by atoms with Gasteiger partial charge in [-0.1, -0.05) is 24.9 Å². The monoisotopic (exact) mass is 290 g/mol. The number of nitrogens with two attached hydrogens (primary N) is 1. The van der Waals surface area contributed by atoms with Crippen LogP contribution in [-0.2, 0) is 4.74 Å². The number of benzene rings is 1. The Bertz CT molecular complexity index is 574. The maximum Gasteiger partial charge on any atom is 0.418 e. The third kappa shape index (κ3) is 2.87. The number of anilines is 2. The molecule has 0 saturated carbocycles. The predicted molar refractivity (Wildman–Crippen MR) is 85.8 cm³/mol. The van der Waals surface area contributed by atoms with E-state index in [1.54, 1.807) is 4.90 Å². The van der Waals surface area contributed by atoms with E-state index in [9.17, 15) is 4.79 Å². The van der Waals surface area contributed by atoms with E-state index in [-0.39, 0.29) is 6.09 Å². The van der Waals surface area contributed by atoms with Crippen LogP contribution in [0.2, 0.25) is 13.1 Å². The molecule has 20 heavy (non-hydrogen) atoms. The van der Waals surface area contributed by atoms with Gasteiger partial charge in [-0.3, -0.25) is 4.90 Å². The van der Waals surface area contributed by atoms with Gasteiger partial charge in [0.25, 0.3) is 0 Å². The number of hydrogen-bond acceptors (Lipinski definition) is 3. The summed E-state index contributed by atoms with van der Waals surface area (Å²) in [6.45, 7) is 10.1. The molecular weight excluding hydrogens is 268 g/mol. The molecular formula is C15H22N2O2Si. The Labute approximate surface area is 121 Å². The molecule has 1 amide bonds. The van der Waals surface area contributed by atoms with Crippen molar-refractivity contribution in [1.82, 2.24) is 0 Å². The van der Waals surface area contributed by atoms with Crippen LogP contribution >= 0.6 is 0 Å². The van der Waals surface area contributed by atoms with E-state index in [1.165, 1.54) is 5.19 Å². The van der Waals surface area contributed by atoms with Crippen LogP contribution in [0, 0.1) is 0 Å². The molecule has 1 aliphatic rings. The van der Waals surface area contributed by atoms with Crippen LogP contribution in [0.3, 0.4) is 0 Å². The van der Waals surface area contributed by atoms with Crippen LogP contribution < -0.4 is 15.8 Å². The average Bonchev–Trinajstić information content (AvgIpc) is 2.25. The summed E-state index contributed by atoms with van der Waals surface area (Å²) in [6, 6.07) is 5.76. The standard InChI is InChI=1S/C15H22N2O2Si/c1-15(2,3)19-14(18)17-8-9-20(4,5)13-7-6-11(16)10-12(13)17/h6-10H,16H2,1-5H3. The lowest BCUT2D eigenvalue weighted by molar-refractivity contribution is 0.0597. The molecule has 108 valence electrons. The lowest BCUT2D eigenvalue weighted by Gasteiger charge is -2.33. The van der Waals surface area contributed by atoms with E-state index in [1.807, 2.05) is 45.2 Å². The van der Waals surface area contributed by atoms with Crippen molar-refractivity contribution >= 4 is 30.7 Å². The minimum absolute atomic E-state index is 0.370. The van der Waals surface area contributed by atoms with E-state index in [0.717, 1.165) is 5.69 Å². The Morgan fingerprint density at radius 1 is 1.30 bits per heavy atom. The van der Waals surface area contributed by atoms with Gasteiger partial charge in [-0.15, -0.1) is 0 Å². The topological polar surface area (TPSA) is 55.6 Å². The number of fused-ring (bicyclic) bond motifs is 1. The zero-order valence-corrected chi connectivity index (χ0v) is 13.7. The van der Waals surface area contributed by atoms with Gasteiger partial charge in [0.2, 0.25) is 0 Å². The van der Waals surface area contributed by atoms with Gasteiger partial charge < -0.3 is 10.5 Å². The molecule has 0 aliphatic carbocycles. The number of carbonyl (C=O) groups excluding carboxylic acids is 1. The summed E-state index contributed by atoms with van der Waals surface area (Å²) in [5.74, 6) is 0. The highest BCUT2D eigenvalue weighted by Crippen LogP contribution is 2.26. The minimum atomic E-state index is -1.67. The summed E-state index contributed by atoms with van der Waals surface area (Å²) >= 11 is 0. The van der Waals surface area contributed by atoms with Gasteiger partial charge in [-0.05, 0) is 38.1 Å². The van der Waals surface area contributed by atoms with Crippen molar-refractivity contribution in [3.63, 3.8) is 0 Å². The number of rotatable bonds is 0. The molecule has 1 aromatic rings. The third-order valence-corrected chi connectivity index (χ3v) is 6.00. The molecule has 1 heterocycles. The van der Waals surface area contributed by atoms with Gasteiger partial charge >= 0.3 is 6.09 Å². The highest BCUT2D eigenvalue weighted by molar-refractivity contribution is 6.95. The van der Waals surface area contributed by atoms with Gasteiger partial charge in [0, 0.05) is 11.9 Å². The maximum absolute atomic E-state index is 12.3. The first-order valence-electron chi connectivity index (χ1n) is 6.72. The zero-order chi connectivity index (χ0) is 15.1. The lowest BCUT2D eigenvalue weighted by atomic mass is 10.2. The Morgan fingerprint density at radius 3 is 2.55 bits per heavy atom. The van der Waals surface area contributed by atoms with Crippen LogP contribution in [0.15, 0.2) is 30.1 Å². The van der Waals surface area contributed by atoms with Crippen LogP contribution in [0.5, 0.6) is 0 Å². The fourth-order valence-corrected chi connectivity index (χ4v) is 4.26. The normalized spacial score (nSPS) is 16.8. The third-order valence-electron chi connectivity index (χ3n) is 3.21. The summed E-state index contributed by atoms with van der Waals surface area (Å²) < 4.78 is 5.45. The average molecular weight is 290 g/mol. The smallest absolute Gasteiger partial charge is 0.418 e. The molecule has 5 heteroatoms. The van der Waals surface area contributed by atoms with Crippen molar-refractivity contribution in [2.75, 3.05) is 10.6 Å². The SMILES string of the molecule is CC(C)(C)OC(=O)N1C=C[Si](C)(C)c2ccc(N)cc21. The molecule has 2 N–H and O–H groups in total. The molecule has 0 spiro atoms. The van der Waals surface area contributed by atoms with E-state index in [0.29, 0.717) is 5.69 Å². The van der Waals surface area contributed by atoms with Gasteiger partial charge in [0.05, 0.1) is 5.69 Å². The second-order valence-electron chi connectivity index (χ2n) is 6.66. The first kappa shape index (κ1) is 14.7. The second kappa shape index (κ2) is 4.66. The van der Waals surface area contributed by atoms with Crippen LogP contribution in [0.25, 0.3) is 0 Å². The number of carbonyl (C=O) groups is 1. The molecule has 2 rings (SSSR count). The van der Waals surface area contributed by atoms with Crippen molar-refractivity contribution in [2.24, 2.45) is 0 Å². The minimum Gasteiger partial charge on any atom is -0.443 e. The van der Waals surface area contributed by atoms with E-state index in [4.69, 9.17) is 10.5 Å². The van der Waals surface area contributed by atoms with Crippen LogP contribution in [0.1, 0.15) is 20.8 Å². The van der Waals surface area contributed by atoms with Gasteiger partial charge in [0.15, 0.2) is 0 Å². The van der Waals surface area contributed by atoms with E-state index in [2.05, 4.69) is 18.8 Å². The van der Waals surface area contributed by atoms with E-state index < -0.39 is 13.7 Å². The van der Waals surface area contributed by atoms with Crippen molar-refractivity contribution in [1.29, 1.82) is 0 Å². The van der Waals surface area contributed by atoms with Crippen LogP contribution in [-0.4, -0.2) is 19.8 Å². The second-order valence-corrected chi connectivity index (χ2v) is 11.0. The first-order chi connectivity index (χ1) is 9.10. The molecule has 0 bridgehead atoms. The van der Waals surface area contributed by atoms with Crippen molar-refractivity contribution < 1.29 is 9.53 Å². The molecule has 0 aromatic heterocycles. The molecule has 0 saturated heterocycles. The number of hydrogen-bond donors (Lipinski definition) is 1. The molecule has 1 aliphatic heterocycles. The van der Waals surface area contributed by atoms with Gasteiger partial charge in [-0.2, -0.15) is 0 Å². The molecule has 0 radical (unpaired) electrons.